The van der Waals surface area contributed by atoms with Gasteiger partial charge in [0.1, 0.15) is 5.52 Å². The molecule has 3 aromatic rings. The van der Waals surface area contributed by atoms with Crippen molar-refractivity contribution in [3.63, 3.8) is 0 Å². The van der Waals surface area contributed by atoms with E-state index in [4.69, 9.17) is 0 Å². The van der Waals surface area contributed by atoms with Gasteiger partial charge in [-0.3, -0.25) is 9.88 Å². The van der Waals surface area contributed by atoms with Gasteiger partial charge in [-0.25, -0.2) is 4.68 Å². The highest BCUT2D eigenvalue weighted by atomic mass is 15.4. The van der Waals surface area contributed by atoms with Crippen LogP contribution in [0.15, 0.2) is 42.7 Å². The molecule has 4 rings (SSSR count). The van der Waals surface area contributed by atoms with Crippen molar-refractivity contribution in [3.05, 3.63) is 53.9 Å². The quantitative estimate of drug-likeness (QED) is 0.795. The normalized spacial score (nSPS) is 19.3. The summed E-state index contributed by atoms with van der Waals surface area (Å²) in [6, 6.07) is 10.9. The molecule has 1 saturated heterocycles. The molecule has 0 bridgehead atoms. The first-order valence-corrected chi connectivity index (χ1v) is 7.94. The van der Waals surface area contributed by atoms with Gasteiger partial charge in [0, 0.05) is 51.7 Å². The van der Waals surface area contributed by atoms with Gasteiger partial charge in [-0.05, 0) is 29.3 Å². The highest BCUT2D eigenvalue weighted by Crippen LogP contribution is 2.24. The van der Waals surface area contributed by atoms with Crippen LogP contribution in [0.2, 0.25) is 0 Å². The van der Waals surface area contributed by atoms with Gasteiger partial charge < -0.3 is 5.32 Å². The number of fused-ring (bicyclic) bond motifs is 1. The van der Waals surface area contributed by atoms with Crippen molar-refractivity contribution in [2.45, 2.75) is 12.6 Å². The standard InChI is InChI=1S/C17H20N6/c1-22-16-5-4-13(9-15(16)20-21-22)12-23-8-7-19-11-17(23)14-3-2-6-18-10-14/h2-6,9-10,17,19H,7-8,11-12H2,1H3. The molecule has 0 spiro atoms. The molecular weight excluding hydrogens is 288 g/mol. The smallest absolute Gasteiger partial charge is 0.113 e. The van der Waals surface area contributed by atoms with Crippen LogP contribution in [0.4, 0.5) is 0 Å². The second-order valence-corrected chi connectivity index (χ2v) is 6.01. The Morgan fingerprint density at radius 2 is 2.26 bits per heavy atom. The Bertz CT molecular complexity index is 797. The Morgan fingerprint density at radius 1 is 1.30 bits per heavy atom. The number of hydrogen-bond acceptors (Lipinski definition) is 5. The minimum atomic E-state index is 0.356. The number of aryl methyl sites for hydroxylation is 1. The minimum Gasteiger partial charge on any atom is -0.314 e. The minimum absolute atomic E-state index is 0.356. The Kier molecular flexibility index (Phi) is 3.77. The lowest BCUT2D eigenvalue weighted by molar-refractivity contribution is 0.153. The predicted octanol–water partition coefficient (Wildman–Crippen LogP) is 1.51. The molecule has 1 aliphatic rings. The Morgan fingerprint density at radius 3 is 3.13 bits per heavy atom. The number of nitrogens with one attached hydrogen (secondary N) is 1. The number of hydrogen-bond donors (Lipinski definition) is 1. The van der Waals surface area contributed by atoms with Crippen molar-refractivity contribution in [2.24, 2.45) is 7.05 Å². The number of piperazine rings is 1. The average molecular weight is 308 g/mol. The second kappa shape index (κ2) is 6.06. The lowest BCUT2D eigenvalue weighted by Gasteiger charge is -2.36. The molecule has 1 unspecified atom stereocenters. The lowest BCUT2D eigenvalue weighted by Crippen LogP contribution is -2.45. The zero-order valence-electron chi connectivity index (χ0n) is 13.2. The lowest BCUT2D eigenvalue weighted by atomic mass is 10.0. The molecule has 6 heteroatoms. The molecule has 0 radical (unpaired) electrons. The fraction of sp³-hybridized carbons (Fsp3) is 0.353. The summed E-state index contributed by atoms with van der Waals surface area (Å²) in [7, 11) is 1.92. The number of rotatable bonds is 3. The van der Waals surface area contributed by atoms with E-state index in [9.17, 15) is 0 Å². The molecule has 6 nitrogen and oxygen atoms in total. The molecule has 0 saturated carbocycles. The summed E-state index contributed by atoms with van der Waals surface area (Å²) in [6.45, 7) is 3.91. The van der Waals surface area contributed by atoms with Gasteiger partial charge in [-0.2, -0.15) is 0 Å². The van der Waals surface area contributed by atoms with E-state index in [1.54, 1.807) is 0 Å². The van der Waals surface area contributed by atoms with Crippen molar-refractivity contribution in [3.8, 4) is 0 Å². The maximum Gasteiger partial charge on any atom is 0.113 e. The Hall–Kier alpha value is -2.31. The third-order valence-electron chi connectivity index (χ3n) is 4.48. The first-order chi connectivity index (χ1) is 11.3. The van der Waals surface area contributed by atoms with Gasteiger partial charge in [0.25, 0.3) is 0 Å². The van der Waals surface area contributed by atoms with E-state index < -0.39 is 0 Å². The monoisotopic (exact) mass is 308 g/mol. The molecule has 0 aliphatic carbocycles. The molecule has 23 heavy (non-hydrogen) atoms. The summed E-state index contributed by atoms with van der Waals surface area (Å²) in [4.78, 5) is 6.77. The van der Waals surface area contributed by atoms with Gasteiger partial charge in [0.2, 0.25) is 0 Å². The Labute approximate surface area is 135 Å². The second-order valence-electron chi connectivity index (χ2n) is 6.01. The Balaban J connectivity index is 1.59. The summed E-state index contributed by atoms with van der Waals surface area (Å²) in [5, 5.41) is 11.8. The van der Waals surface area contributed by atoms with Gasteiger partial charge in [-0.15, -0.1) is 5.10 Å². The van der Waals surface area contributed by atoms with E-state index in [1.165, 1.54) is 11.1 Å². The molecule has 2 aromatic heterocycles. The van der Waals surface area contributed by atoms with Crippen LogP contribution in [-0.4, -0.2) is 44.5 Å². The molecule has 1 fully saturated rings. The van der Waals surface area contributed by atoms with Crippen LogP contribution < -0.4 is 5.32 Å². The van der Waals surface area contributed by atoms with E-state index in [0.717, 1.165) is 37.2 Å². The molecule has 1 aliphatic heterocycles. The molecule has 1 atom stereocenters. The van der Waals surface area contributed by atoms with Crippen molar-refractivity contribution >= 4 is 11.0 Å². The largest absolute Gasteiger partial charge is 0.314 e. The fourth-order valence-corrected chi connectivity index (χ4v) is 3.26. The topological polar surface area (TPSA) is 58.9 Å². The summed E-state index contributed by atoms with van der Waals surface area (Å²) in [5.41, 5.74) is 4.56. The zero-order valence-corrected chi connectivity index (χ0v) is 13.2. The summed E-state index contributed by atoms with van der Waals surface area (Å²) in [6.07, 6.45) is 3.79. The van der Waals surface area contributed by atoms with E-state index in [-0.39, 0.29) is 0 Å². The molecule has 1 N–H and O–H groups in total. The van der Waals surface area contributed by atoms with E-state index in [2.05, 4.69) is 49.8 Å². The molecular formula is C17H20N6. The maximum absolute atomic E-state index is 4.27. The van der Waals surface area contributed by atoms with E-state index in [1.807, 2.05) is 30.2 Å². The van der Waals surface area contributed by atoms with Crippen LogP contribution in [0.1, 0.15) is 17.2 Å². The number of benzene rings is 1. The predicted molar refractivity (Wildman–Crippen MR) is 88.8 cm³/mol. The maximum atomic E-state index is 4.27. The van der Waals surface area contributed by atoms with Gasteiger partial charge in [-0.1, -0.05) is 17.3 Å². The summed E-state index contributed by atoms with van der Waals surface area (Å²) >= 11 is 0. The number of pyridine rings is 1. The van der Waals surface area contributed by atoms with Crippen LogP contribution >= 0.6 is 0 Å². The first kappa shape index (κ1) is 14.3. The summed E-state index contributed by atoms with van der Waals surface area (Å²) in [5.74, 6) is 0. The average Bonchev–Trinajstić information content (AvgIpc) is 2.97. The van der Waals surface area contributed by atoms with Crippen LogP contribution in [0.25, 0.3) is 11.0 Å². The van der Waals surface area contributed by atoms with Crippen LogP contribution in [0.3, 0.4) is 0 Å². The highest BCUT2D eigenvalue weighted by Gasteiger charge is 2.24. The molecule has 3 heterocycles. The van der Waals surface area contributed by atoms with E-state index in [0.29, 0.717) is 6.04 Å². The van der Waals surface area contributed by atoms with Crippen molar-refractivity contribution in [1.82, 2.24) is 30.2 Å². The van der Waals surface area contributed by atoms with Crippen LogP contribution in [-0.2, 0) is 13.6 Å². The third-order valence-corrected chi connectivity index (χ3v) is 4.48. The van der Waals surface area contributed by atoms with Crippen molar-refractivity contribution in [1.29, 1.82) is 0 Å². The van der Waals surface area contributed by atoms with Crippen LogP contribution in [0.5, 0.6) is 0 Å². The van der Waals surface area contributed by atoms with Gasteiger partial charge in [0.15, 0.2) is 0 Å². The number of aromatic nitrogens is 4. The first-order valence-electron chi connectivity index (χ1n) is 7.94. The van der Waals surface area contributed by atoms with Gasteiger partial charge >= 0.3 is 0 Å². The van der Waals surface area contributed by atoms with E-state index >= 15 is 0 Å². The van der Waals surface area contributed by atoms with Crippen LogP contribution in [0, 0.1) is 0 Å². The zero-order chi connectivity index (χ0) is 15.6. The fourth-order valence-electron chi connectivity index (χ4n) is 3.26. The summed E-state index contributed by atoms with van der Waals surface area (Å²) < 4.78 is 1.81. The highest BCUT2D eigenvalue weighted by molar-refractivity contribution is 5.74. The van der Waals surface area contributed by atoms with Gasteiger partial charge in [0.05, 0.1) is 5.52 Å². The molecule has 118 valence electrons. The molecule has 0 amide bonds. The molecule has 1 aromatic carbocycles. The number of nitrogens with zero attached hydrogens (tertiary/aromatic N) is 5. The van der Waals surface area contributed by atoms with Crippen molar-refractivity contribution < 1.29 is 0 Å². The van der Waals surface area contributed by atoms with Crippen molar-refractivity contribution in [2.75, 3.05) is 19.6 Å². The third kappa shape index (κ3) is 2.83. The SMILES string of the molecule is Cn1nnc2cc(CN3CCNCC3c3cccnc3)ccc21.